The van der Waals surface area contributed by atoms with Crippen LogP contribution in [0.3, 0.4) is 0 Å². The van der Waals surface area contributed by atoms with E-state index < -0.39 is 0 Å². The number of amides is 1. The van der Waals surface area contributed by atoms with Crippen molar-refractivity contribution in [2.45, 2.75) is 32.7 Å². The Morgan fingerprint density at radius 2 is 2.22 bits per heavy atom. The van der Waals surface area contributed by atoms with Crippen molar-refractivity contribution < 1.29 is 14.3 Å². The first-order chi connectivity index (χ1) is 10.7. The van der Waals surface area contributed by atoms with Gasteiger partial charge in [0.05, 0.1) is 13.7 Å². The molecule has 0 bridgehead atoms. The van der Waals surface area contributed by atoms with Crippen LogP contribution in [0.1, 0.15) is 31.7 Å². The SMILES string of the molecule is CCOc1ccc(CNC(=O)CCC2CCNC2)cc1OC.Cl. The summed E-state index contributed by atoms with van der Waals surface area (Å²) in [6.45, 7) is 5.18. The van der Waals surface area contributed by atoms with E-state index in [4.69, 9.17) is 9.47 Å². The zero-order chi connectivity index (χ0) is 15.8. The van der Waals surface area contributed by atoms with E-state index >= 15 is 0 Å². The van der Waals surface area contributed by atoms with Crippen LogP contribution in [-0.4, -0.2) is 32.7 Å². The molecule has 1 saturated heterocycles. The van der Waals surface area contributed by atoms with E-state index in [2.05, 4.69) is 10.6 Å². The van der Waals surface area contributed by atoms with Gasteiger partial charge in [-0.25, -0.2) is 0 Å². The summed E-state index contributed by atoms with van der Waals surface area (Å²) >= 11 is 0. The topological polar surface area (TPSA) is 59.6 Å². The predicted molar refractivity (Wildman–Crippen MR) is 93.5 cm³/mol. The first-order valence-electron chi connectivity index (χ1n) is 8.00. The number of halogens is 1. The number of ether oxygens (including phenoxy) is 2. The lowest BCUT2D eigenvalue weighted by Crippen LogP contribution is -2.23. The average Bonchev–Trinajstić information content (AvgIpc) is 3.05. The molecule has 1 aromatic carbocycles. The highest BCUT2D eigenvalue weighted by molar-refractivity contribution is 5.85. The number of carbonyl (C=O) groups excluding carboxylic acids is 1. The Bertz CT molecular complexity index is 491. The molecule has 130 valence electrons. The Morgan fingerprint density at radius 3 is 2.87 bits per heavy atom. The maximum atomic E-state index is 11.9. The molecule has 1 aliphatic heterocycles. The van der Waals surface area contributed by atoms with Crippen molar-refractivity contribution in [3.63, 3.8) is 0 Å². The number of methoxy groups -OCH3 is 1. The average molecular weight is 343 g/mol. The van der Waals surface area contributed by atoms with E-state index in [0.717, 1.165) is 30.8 Å². The van der Waals surface area contributed by atoms with Gasteiger partial charge in [0.15, 0.2) is 11.5 Å². The Morgan fingerprint density at radius 1 is 1.39 bits per heavy atom. The summed E-state index contributed by atoms with van der Waals surface area (Å²) in [5, 5.41) is 6.29. The van der Waals surface area contributed by atoms with Crippen LogP contribution in [-0.2, 0) is 11.3 Å². The van der Waals surface area contributed by atoms with Gasteiger partial charge in [0, 0.05) is 13.0 Å². The molecule has 1 aliphatic rings. The molecule has 1 heterocycles. The number of carbonyl (C=O) groups is 1. The van der Waals surface area contributed by atoms with Crippen LogP contribution in [0.2, 0.25) is 0 Å². The molecular formula is C17H27ClN2O3. The summed E-state index contributed by atoms with van der Waals surface area (Å²) < 4.78 is 10.8. The third-order valence-corrected chi connectivity index (χ3v) is 3.96. The lowest BCUT2D eigenvalue weighted by molar-refractivity contribution is -0.121. The molecule has 1 amide bonds. The summed E-state index contributed by atoms with van der Waals surface area (Å²) in [6.07, 6.45) is 2.75. The van der Waals surface area contributed by atoms with Crippen LogP contribution in [0.25, 0.3) is 0 Å². The zero-order valence-corrected chi connectivity index (χ0v) is 14.7. The number of hydrogen-bond acceptors (Lipinski definition) is 4. The summed E-state index contributed by atoms with van der Waals surface area (Å²) in [4.78, 5) is 11.9. The molecule has 0 saturated carbocycles. The highest BCUT2D eigenvalue weighted by Crippen LogP contribution is 2.28. The second-order valence-corrected chi connectivity index (χ2v) is 5.59. The second-order valence-electron chi connectivity index (χ2n) is 5.59. The first-order valence-corrected chi connectivity index (χ1v) is 8.00. The summed E-state index contributed by atoms with van der Waals surface area (Å²) in [5.74, 6) is 2.19. The van der Waals surface area contributed by atoms with Crippen molar-refractivity contribution in [2.24, 2.45) is 5.92 Å². The molecule has 23 heavy (non-hydrogen) atoms. The molecule has 2 N–H and O–H groups in total. The molecule has 0 spiro atoms. The van der Waals surface area contributed by atoms with Gasteiger partial charge >= 0.3 is 0 Å². The van der Waals surface area contributed by atoms with E-state index in [1.54, 1.807) is 7.11 Å². The molecule has 1 atom stereocenters. The molecule has 0 radical (unpaired) electrons. The maximum Gasteiger partial charge on any atom is 0.220 e. The van der Waals surface area contributed by atoms with Gasteiger partial charge in [-0.05, 0) is 56.5 Å². The number of hydrogen-bond donors (Lipinski definition) is 2. The van der Waals surface area contributed by atoms with Crippen molar-refractivity contribution in [3.8, 4) is 11.5 Å². The van der Waals surface area contributed by atoms with Crippen LogP contribution >= 0.6 is 12.4 Å². The van der Waals surface area contributed by atoms with E-state index in [1.165, 1.54) is 6.42 Å². The van der Waals surface area contributed by atoms with Crippen molar-refractivity contribution in [1.82, 2.24) is 10.6 Å². The third kappa shape index (κ3) is 6.28. The van der Waals surface area contributed by atoms with Crippen molar-refractivity contribution in [1.29, 1.82) is 0 Å². The van der Waals surface area contributed by atoms with E-state index in [0.29, 0.717) is 31.2 Å². The molecule has 0 aliphatic carbocycles. The highest BCUT2D eigenvalue weighted by Gasteiger charge is 2.15. The highest BCUT2D eigenvalue weighted by atomic mass is 35.5. The van der Waals surface area contributed by atoms with Crippen molar-refractivity contribution in [2.75, 3.05) is 26.8 Å². The Hall–Kier alpha value is -1.46. The molecule has 0 aromatic heterocycles. The Kier molecular flexibility index (Phi) is 8.81. The van der Waals surface area contributed by atoms with Gasteiger partial charge < -0.3 is 20.1 Å². The fourth-order valence-corrected chi connectivity index (χ4v) is 2.68. The Labute approximate surface area is 144 Å². The molecular weight excluding hydrogens is 316 g/mol. The fourth-order valence-electron chi connectivity index (χ4n) is 2.68. The molecule has 1 fully saturated rings. The van der Waals surface area contributed by atoms with E-state index in [9.17, 15) is 4.79 Å². The van der Waals surface area contributed by atoms with Gasteiger partial charge in [-0.1, -0.05) is 6.07 Å². The second kappa shape index (κ2) is 10.3. The lowest BCUT2D eigenvalue weighted by atomic mass is 10.0. The van der Waals surface area contributed by atoms with Crippen LogP contribution < -0.4 is 20.1 Å². The minimum absolute atomic E-state index is 0. The molecule has 1 aromatic rings. The van der Waals surface area contributed by atoms with Gasteiger partial charge in [0.25, 0.3) is 0 Å². The van der Waals surface area contributed by atoms with Crippen LogP contribution in [0.15, 0.2) is 18.2 Å². The molecule has 6 heteroatoms. The zero-order valence-electron chi connectivity index (χ0n) is 13.9. The monoisotopic (exact) mass is 342 g/mol. The molecule has 5 nitrogen and oxygen atoms in total. The normalized spacial score (nSPS) is 16.5. The molecule has 2 rings (SSSR count). The fraction of sp³-hybridized carbons (Fsp3) is 0.588. The van der Waals surface area contributed by atoms with Gasteiger partial charge in [-0.2, -0.15) is 0 Å². The minimum atomic E-state index is 0. The summed E-state index contributed by atoms with van der Waals surface area (Å²) in [6, 6.07) is 5.74. The van der Waals surface area contributed by atoms with Crippen LogP contribution in [0.4, 0.5) is 0 Å². The van der Waals surface area contributed by atoms with Crippen LogP contribution in [0.5, 0.6) is 11.5 Å². The van der Waals surface area contributed by atoms with Crippen LogP contribution in [0, 0.1) is 5.92 Å². The number of rotatable bonds is 8. The van der Waals surface area contributed by atoms with Crippen molar-refractivity contribution in [3.05, 3.63) is 23.8 Å². The number of nitrogens with one attached hydrogen (secondary N) is 2. The van der Waals surface area contributed by atoms with Gasteiger partial charge in [0.2, 0.25) is 5.91 Å². The quantitative estimate of drug-likeness (QED) is 0.762. The smallest absolute Gasteiger partial charge is 0.220 e. The third-order valence-electron chi connectivity index (χ3n) is 3.96. The summed E-state index contributed by atoms with van der Waals surface area (Å²) in [5.41, 5.74) is 1.01. The standard InChI is InChI=1S/C17H26N2O3.ClH/c1-3-22-15-6-4-14(10-16(15)21-2)12-19-17(20)7-5-13-8-9-18-11-13;/h4,6,10,13,18H,3,5,7-9,11-12H2,1-2H3,(H,19,20);1H. The van der Waals surface area contributed by atoms with Gasteiger partial charge in [-0.15, -0.1) is 12.4 Å². The minimum Gasteiger partial charge on any atom is -0.493 e. The largest absolute Gasteiger partial charge is 0.493 e. The maximum absolute atomic E-state index is 11.9. The first kappa shape index (κ1) is 19.6. The van der Waals surface area contributed by atoms with Gasteiger partial charge in [0.1, 0.15) is 0 Å². The Balaban J connectivity index is 0.00000264. The van der Waals surface area contributed by atoms with E-state index in [1.807, 2.05) is 25.1 Å². The van der Waals surface area contributed by atoms with Crippen molar-refractivity contribution >= 4 is 18.3 Å². The molecule has 1 unspecified atom stereocenters. The lowest BCUT2D eigenvalue weighted by Gasteiger charge is -2.12. The number of benzene rings is 1. The summed E-state index contributed by atoms with van der Waals surface area (Å²) in [7, 11) is 1.62. The predicted octanol–water partition coefficient (Wildman–Crippen LogP) is 2.52. The van der Waals surface area contributed by atoms with Gasteiger partial charge in [-0.3, -0.25) is 4.79 Å². The van der Waals surface area contributed by atoms with E-state index in [-0.39, 0.29) is 18.3 Å².